The second-order valence-corrected chi connectivity index (χ2v) is 7.45. The number of Topliss-reactive ketones (excluding diaryl/α,β-unsaturated/α-hetero) is 1. The molecule has 142 valence electrons. The van der Waals surface area contributed by atoms with E-state index in [1.165, 1.54) is 11.8 Å². The highest BCUT2D eigenvalue weighted by Gasteiger charge is 2.21. The van der Waals surface area contributed by atoms with Gasteiger partial charge in [0.05, 0.1) is 12.3 Å². The van der Waals surface area contributed by atoms with E-state index >= 15 is 0 Å². The standard InChI is InChI=1S/C20H19N5O2S/c26-18(16-8-10-17(11-9-16)24-12-4-7-19(24)27)14-28-20-21-22-23-25(20)13-15-5-2-1-3-6-15/h1-3,5-6,8-11H,4,7,12-14H2. The van der Waals surface area contributed by atoms with E-state index in [4.69, 9.17) is 0 Å². The van der Waals surface area contributed by atoms with Gasteiger partial charge in [-0.05, 0) is 46.7 Å². The van der Waals surface area contributed by atoms with E-state index in [9.17, 15) is 9.59 Å². The fourth-order valence-electron chi connectivity index (χ4n) is 3.12. The van der Waals surface area contributed by atoms with Crippen LogP contribution in [0, 0.1) is 0 Å². The van der Waals surface area contributed by atoms with Gasteiger partial charge in [0, 0.05) is 24.2 Å². The van der Waals surface area contributed by atoms with Crippen LogP contribution >= 0.6 is 11.8 Å². The summed E-state index contributed by atoms with van der Waals surface area (Å²) in [6.45, 7) is 1.30. The first kappa shape index (κ1) is 18.4. The topological polar surface area (TPSA) is 81.0 Å². The second-order valence-electron chi connectivity index (χ2n) is 6.51. The highest BCUT2D eigenvalue weighted by Crippen LogP contribution is 2.23. The van der Waals surface area contributed by atoms with Gasteiger partial charge in [0.15, 0.2) is 5.78 Å². The van der Waals surface area contributed by atoms with Gasteiger partial charge in [-0.3, -0.25) is 9.59 Å². The third-order valence-corrected chi connectivity index (χ3v) is 5.54. The summed E-state index contributed by atoms with van der Waals surface area (Å²) in [5.74, 6) is 0.385. The van der Waals surface area contributed by atoms with E-state index < -0.39 is 0 Å². The number of nitrogens with zero attached hydrogens (tertiary/aromatic N) is 5. The molecule has 0 spiro atoms. The molecule has 1 fully saturated rings. The minimum atomic E-state index is -0.00133. The Balaban J connectivity index is 1.37. The Morgan fingerprint density at radius 2 is 1.86 bits per heavy atom. The SMILES string of the molecule is O=C(CSc1nnnn1Cc1ccccc1)c1ccc(N2CCCC2=O)cc1. The molecule has 3 aromatic rings. The predicted molar refractivity (Wildman–Crippen MR) is 106 cm³/mol. The maximum absolute atomic E-state index is 12.5. The summed E-state index contributed by atoms with van der Waals surface area (Å²) in [6, 6.07) is 17.1. The van der Waals surface area contributed by atoms with E-state index in [-0.39, 0.29) is 17.4 Å². The Kier molecular flexibility index (Phi) is 5.48. The first-order valence-electron chi connectivity index (χ1n) is 9.07. The van der Waals surface area contributed by atoms with Crippen molar-refractivity contribution < 1.29 is 9.59 Å². The smallest absolute Gasteiger partial charge is 0.227 e. The molecule has 1 aromatic heterocycles. The second kappa shape index (κ2) is 8.35. The number of ketones is 1. The molecule has 1 aliphatic rings. The Hall–Kier alpha value is -3.00. The number of amides is 1. The van der Waals surface area contributed by atoms with E-state index in [1.54, 1.807) is 21.7 Å². The maximum atomic E-state index is 12.5. The Morgan fingerprint density at radius 3 is 2.57 bits per heavy atom. The minimum absolute atomic E-state index is 0.00133. The molecular weight excluding hydrogens is 374 g/mol. The van der Waals surface area contributed by atoms with Crippen molar-refractivity contribution in [1.29, 1.82) is 0 Å². The number of thioether (sulfide) groups is 1. The third-order valence-electron chi connectivity index (χ3n) is 4.58. The predicted octanol–water partition coefficient (Wildman–Crippen LogP) is 2.82. The van der Waals surface area contributed by atoms with Crippen molar-refractivity contribution in [3.05, 3.63) is 65.7 Å². The molecule has 0 N–H and O–H groups in total. The van der Waals surface area contributed by atoms with Gasteiger partial charge in [0.1, 0.15) is 0 Å². The average molecular weight is 393 g/mol. The van der Waals surface area contributed by atoms with E-state index in [1.807, 2.05) is 42.5 Å². The summed E-state index contributed by atoms with van der Waals surface area (Å²) in [6.07, 6.45) is 1.48. The van der Waals surface area contributed by atoms with Crippen LogP contribution in [0.1, 0.15) is 28.8 Å². The summed E-state index contributed by atoms with van der Waals surface area (Å²) in [5.41, 5.74) is 2.55. The summed E-state index contributed by atoms with van der Waals surface area (Å²) >= 11 is 1.32. The minimum Gasteiger partial charge on any atom is -0.312 e. The quantitative estimate of drug-likeness (QED) is 0.454. The number of benzene rings is 2. The van der Waals surface area contributed by atoms with Gasteiger partial charge in [0.2, 0.25) is 11.1 Å². The Morgan fingerprint density at radius 1 is 1.07 bits per heavy atom. The lowest BCUT2D eigenvalue weighted by atomic mass is 10.1. The zero-order valence-corrected chi connectivity index (χ0v) is 16.0. The molecule has 0 bridgehead atoms. The number of hydrogen-bond acceptors (Lipinski definition) is 6. The molecule has 1 amide bonds. The summed E-state index contributed by atoms with van der Waals surface area (Å²) in [5, 5.41) is 12.4. The molecule has 28 heavy (non-hydrogen) atoms. The number of rotatable bonds is 7. The number of anilines is 1. The van der Waals surface area contributed by atoms with Gasteiger partial charge < -0.3 is 4.90 Å². The van der Waals surface area contributed by atoms with Crippen molar-refractivity contribution in [1.82, 2.24) is 20.2 Å². The van der Waals surface area contributed by atoms with Gasteiger partial charge in [-0.1, -0.05) is 42.1 Å². The molecule has 1 saturated heterocycles. The molecule has 0 atom stereocenters. The molecule has 0 saturated carbocycles. The van der Waals surface area contributed by atoms with Gasteiger partial charge >= 0.3 is 0 Å². The van der Waals surface area contributed by atoms with Gasteiger partial charge in [-0.25, -0.2) is 4.68 Å². The van der Waals surface area contributed by atoms with Crippen LogP contribution in [0.25, 0.3) is 0 Å². The normalized spacial score (nSPS) is 13.9. The molecule has 1 aliphatic heterocycles. The molecule has 8 heteroatoms. The number of carbonyl (C=O) groups is 2. The summed E-state index contributed by atoms with van der Waals surface area (Å²) in [7, 11) is 0. The van der Waals surface area contributed by atoms with E-state index in [0.29, 0.717) is 23.7 Å². The number of carbonyl (C=O) groups excluding carboxylic acids is 2. The van der Waals surface area contributed by atoms with Crippen molar-refractivity contribution in [3.63, 3.8) is 0 Å². The van der Waals surface area contributed by atoms with Crippen LogP contribution in [0.15, 0.2) is 59.8 Å². The lowest BCUT2D eigenvalue weighted by molar-refractivity contribution is -0.117. The Labute approximate surface area is 166 Å². The zero-order valence-electron chi connectivity index (χ0n) is 15.2. The van der Waals surface area contributed by atoms with E-state index in [2.05, 4.69) is 15.5 Å². The highest BCUT2D eigenvalue weighted by atomic mass is 32.2. The first-order valence-corrected chi connectivity index (χ1v) is 10.1. The van der Waals surface area contributed by atoms with Crippen LogP contribution in [0.2, 0.25) is 0 Å². The molecule has 2 aromatic carbocycles. The highest BCUT2D eigenvalue weighted by molar-refractivity contribution is 7.99. The van der Waals surface area contributed by atoms with Gasteiger partial charge in [-0.2, -0.15) is 0 Å². The lowest BCUT2D eigenvalue weighted by Gasteiger charge is -2.15. The fraction of sp³-hybridized carbons (Fsp3) is 0.250. The summed E-state index contributed by atoms with van der Waals surface area (Å²) < 4.78 is 1.69. The third kappa shape index (κ3) is 4.12. The molecular formula is C20H19N5O2S. The average Bonchev–Trinajstić information content (AvgIpc) is 3.36. The molecule has 0 unspecified atom stereocenters. The van der Waals surface area contributed by atoms with Crippen LogP contribution in [0.5, 0.6) is 0 Å². The number of hydrogen-bond donors (Lipinski definition) is 0. The molecule has 0 aliphatic carbocycles. The fourth-order valence-corrected chi connectivity index (χ4v) is 3.89. The summed E-state index contributed by atoms with van der Waals surface area (Å²) in [4.78, 5) is 26.1. The zero-order chi connectivity index (χ0) is 19.3. The number of aromatic nitrogens is 4. The van der Waals surface area contributed by atoms with Crippen molar-refractivity contribution in [2.45, 2.75) is 24.5 Å². The van der Waals surface area contributed by atoms with Crippen LogP contribution < -0.4 is 4.90 Å². The van der Waals surface area contributed by atoms with Crippen LogP contribution in [0.3, 0.4) is 0 Å². The molecule has 2 heterocycles. The van der Waals surface area contributed by atoms with Gasteiger partial charge in [-0.15, -0.1) is 5.10 Å². The lowest BCUT2D eigenvalue weighted by Crippen LogP contribution is -2.23. The van der Waals surface area contributed by atoms with E-state index in [0.717, 1.165) is 24.2 Å². The Bertz CT molecular complexity index is 972. The van der Waals surface area contributed by atoms with Crippen LogP contribution in [-0.2, 0) is 11.3 Å². The van der Waals surface area contributed by atoms with Crippen LogP contribution in [-0.4, -0.2) is 44.2 Å². The first-order chi connectivity index (χ1) is 13.7. The monoisotopic (exact) mass is 393 g/mol. The van der Waals surface area contributed by atoms with Gasteiger partial charge in [0.25, 0.3) is 0 Å². The maximum Gasteiger partial charge on any atom is 0.227 e. The largest absolute Gasteiger partial charge is 0.312 e. The molecule has 7 nitrogen and oxygen atoms in total. The molecule has 4 rings (SSSR count). The number of tetrazole rings is 1. The van der Waals surface area contributed by atoms with Crippen molar-refractivity contribution in [2.24, 2.45) is 0 Å². The van der Waals surface area contributed by atoms with Crippen molar-refractivity contribution in [3.8, 4) is 0 Å². The van der Waals surface area contributed by atoms with Crippen molar-refractivity contribution in [2.75, 3.05) is 17.2 Å². The van der Waals surface area contributed by atoms with Crippen LogP contribution in [0.4, 0.5) is 5.69 Å². The van der Waals surface area contributed by atoms with Crippen molar-refractivity contribution >= 4 is 29.1 Å². The molecule has 0 radical (unpaired) electrons.